The fourth-order valence-corrected chi connectivity index (χ4v) is 4.99. The zero-order valence-corrected chi connectivity index (χ0v) is 21.4. The topological polar surface area (TPSA) is 89.7 Å². The maximum atomic E-state index is 13.9. The molecule has 0 bridgehead atoms. The van der Waals surface area contributed by atoms with Gasteiger partial charge in [-0.2, -0.15) is 0 Å². The van der Waals surface area contributed by atoms with Gasteiger partial charge in [0.1, 0.15) is 18.2 Å². The summed E-state index contributed by atoms with van der Waals surface area (Å²) in [6, 6.07) is 17.3. The summed E-state index contributed by atoms with van der Waals surface area (Å²) in [7, 11) is 0. The molecule has 39 heavy (non-hydrogen) atoms. The quantitative estimate of drug-likeness (QED) is 0.330. The van der Waals surface area contributed by atoms with Gasteiger partial charge < -0.3 is 19.1 Å². The Labute approximate surface area is 225 Å². The van der Waals surface area contributed by atoms with E-state index < -0.39 is 5.97 Å². The number of ether oxygens (including phenoxy) is 2. The molecule has 0 amide bonds. The first-order chi connectivity index (χ1) is 19.0. The van der Waals surface area contributed by atoms with E-state index in [1.807, 2.05) is 12.1 Å². The van der Waals surface area contributed by atoms with Crippen molar-refractivity contribution in [2.45, 2.75) is 38.6 Å². The Hall–Kier alpha value is -4.08. The van der Waals surface area contributed by atoms with Crippen LogP contribution in [0.2, 0.25) is 0 Å². The molecule has 8 nitrogen and oxygen atoms in total. The van der Waals surface area contributed by atoms with Gasteiger partial charge in [-0.1, -0.05) is 30.3 Å². The van der Waals surface area contributed by atoms with Gasteiger partial charge in [0.15, 0.2) is 0 Å². The lowest BCUT2D eigenvalue weighted by atomic mass is 10.0. The Kier molecular flexibility index (Phi) is 7.08. The van der Waals surface area contributed by atoms with Gasteiger partial charge in [0.05, 0.1) is 41.5 Å². The predicted octanol–water partition coefficient (Wildman–Crippen LogP) is 4.93. The van der Waals surface area contributed by atoms with Crippen molar-refractivity contribution in [2.24, 2.45) is 0 Å². The zero-order valence-electron chi connectivity index (χ0n) is 21.4. The van der Waals surface area contributed by atoms with Crippen LogP contribution in [0.25, 0.3) is 16.6 Å². The van der Waals surface area contributed by atoms with Crippen molar-refractivity contribution in [1.82, 2.24) is 19.4 Å². The number of rotatable bonds is 9. The number of benzene rings is 2. The van der Waals surface area contributed by atoms with Crippen LogP contribution in [0.4, 0.5) is 4.39 Å². The van der Waals surface area contributed by atoms with Crippen molar-refractivity contribution in [2.75, 3.05) is 19.7 Å². The maximum absolute atomic E-state index is 13.9. The average Bonchev–Trinajstić information content (AvgIpc) is 3.26. The second kappa shape index (κ2) is 11.0. The molecule has 6 rings (SSSR count). The van der Waals surface area contributed by atoms with Gasteiger partial charge in [-0.25, -0.2) is 19.2 Å². The van der Waals surface area contributed by atoms with Crippen molar-refractivity contribution in [3.05, 3.63) is 95.2 Å². The van der Waals surface area contributed by atoms with Gasteiger partial charge in [0.25, 0.3) is 0 Å². The molecule has 2 aromatic carbocycles. The lowest BCUT2D eigenvalue weighted by Gasteiger charge is -2.29. The molecular weight excluding hydrogens is 499 g/mol. The van der Waals surface area contributed by atoms with E-state index in [1.165, 1.54) is 6.07 Å². The van der Waals surface area contributed by atoms with Gasteiger partial charge in [-0.3, -0.25) is 4.90 Å². The first kappa shape index (κ1) is 25.2. The van der Waals surface area contributed by atoms with E-state index in [4.69, 9.17) is 14.5 Å². The van der Waals surface area contributed by atoms with E-state index in [-0.39, 0.29) is 24.1 Å². The lowest BCUT2D eigenvalue weighted by molar-refractivity contribution is -0.0591. The Morgan fingerprint density at radius 1 is 1.13 bits per heavy atom. The minimum Gasteiger partial charge on any atom is -0.478 e. The highest BCUT2D eigenvalue weighted by Crippen LogP contribution is 2.26. The minimum absolute atomic E-state index is 0.122. The van der Waals surface area contributed by atoms with Gasteiger partial charge in [-0.05, 0) is 48.7 Å². The van der Waals surface area contributed by atoms with Crippen LogP contribution in [0, 0.1) is 5.82 Å². The van der Waals surface area contributed by atoms with Crippen LogP contribution in [0.15, 0.2) is 66.7 Å². The van der Waals surface area contributed by atoms with Crippen LogP contribution < -0.4 is 4.74 Å². The molecule has 0 spiro atoms. The van der Waals surface area contributed by atoms with Crippen LogP contribution in [-0.4, -0.2) is 56.3 Å². The van der Waals surface area contributed by atoms with Crippen LogP contribution >= 0.6 is 0 Å². The first-order valence-corrected chi connectivity index (χ1v) is 13.1. The van der Waals surface area contributed by atoms with Crippen molar-refractivity contribution < 1.29 is 23.8 Å². The summed E-state index contributed by atoms with van der Waals surface area (Å²) in [5.41, 5.74) is 4.36. The fourth-order valence-electron chi connectivity index (χ4n) is 4.99. The molecule has 2 aliphatic heterocycles. The van der Waals surface area contributed by atoms with Gasteiger partial charge in [0, 0.05) is 31.3 Å². The third kappa shape index (κ3) is 5.55. The third-order valence-corrected chi connectivity index (χ3v) is 7.30. The SMILES string of the molecule is O=C(O)c1ccc2nc(CN3CC=C(c4cccc(OCc5ccccc5F)n4)CC3)n(C[C@@H]3CCO3)c2c1. The summed E-state index contributed by atoms with van der Waals surface area (Å²) in [6.07, 6.45) is 4.11. The largest absolute Gasteiger partial charge is 0.478 e. The predicted molar refractivity (Wildman–Crippen MR) is 144 cm³/mol. The van der Waals surface area contributed by atoms with Crippen molar-refractivity contribution in [1.29, 1.82) is 0 Å². The molecule has 1 saturated heterocycles. The standard InChI is InChI=1S/C30H29FN4O4/c31-24-5-2-1-4-22(24)19-39-29-7-3-6-25(33-29)20-10-13-34(14-11-20)18-28-32-26-9-8-21(30(36)37)16-27(26)35(28)17-23-12-15-38-23/h1-10,16,23H,11-15,17-19H2,(H,36,37)/t23-/m0/s1. The normalized spacial score (nSPS) is 17.6. The Morgan fingerprint density at radius 2 is 2.00 bits per heavy atom. The molecular formula is C30H29FN4O4. The smallest absolute Gasteiger partial charge is 0.335 e. The van der Waals surface area contributed by atoms with E-state index in [2.05, 4.69) is 20.5 Å². The summed E-state index contributed by atoms with van der Waals surface area (Å²) in [5, 5.41) is 9.47. The summed E-state index contributed by atoms with van der Waals surface area (Å²) in [5.74, 6) is 0.128. The number of carbonyl (C=O) groups is 1. The number of pyridine rings is 1. The fraction of sp³-hybridized carbons (Fsp3) is 0.300. The number of halogens is 1. The van der Waals surface area contributed by atoms with Crippen molar-refractivity contribution >= 4 is 22.6 Å². The Balaban J connectivity index is 1.15. The minimum atomic E-state index is -0.949. The summed E-state index contributed by atoms with van der Waals surface area (Å²) >= 11 is 0. The maximum Gasteiger partial charge on any atom is 0.335 e. The number of aromatic nitrogens is 3. The van der Waals surface area contributed by atoms with Crippen LogP contribution in [0.3, 0.4) is 0 Å². The molecule has 0 unspecified atom stereocenters. The van der Waals surface area contributed by atoms with E-state index in [0.29, 0.717) is 24.5 Å². The number of nitrogens with zero attached hydrogens (tertiary/aromatic N) is 4. The number of hydrogen-bond acceptors (Lipinski definition) is 6. The number of hydrogen-bond donors (Lipinski definition) is 1. The molecule has 0 saturated carbocycles. The molecule has 2 aromatic heterocycles. The summed E-state index contributed by atoms with van der Waals surface area (Å²) in [6.45, 7) is 3.76. The molecule has 1 fully saturated rings. The van der Waals surface area contributed by atoms with Crippen LogP contribution in [0.1, 0.15) is 40.3 Å². The average molecular weight is 529 g/mol. The number of carboxylic acid groups (broad SMARTS) is 1. The molecule has 1 N–H and O–H groups in total. The van der Waals surface area contributed by atoms with Gasteiger partial charge >= 0.3 is 5.97 Å². The number of aromatic carboxylic acids is 1. The molecule has 1 atom stereocenters. The zero-order chi connectivity index (χ0) is 26.8. The highest BCUT2D eigenvalue weighted by molar-refractivity contribution is 5.92. The lowest BCUT2D eigenvalue weighted by Crippen LogP contribution is -2.33. The Morgan fingerprint density at radius 3 is 2.74 bits per heavy atom. The summed E-state index contributed by atoms with van der Waals surface area (Å²) in [4.78, 5) is 23.4. The first-order valence-electron chi connectivity index (χ1n) is 13.1. The van der Waals surface area contributed by atoms with Crippen LogP contribution in [0.5, 0.6) is 5.88 Å². The van der Waals surface area contributed by atoms with E-state index in [9.17, 15) is 14.3 Å². The van der Waals surface area contributed by atoms with Crippen molar-refractivity contribution in [3.8, 4) is 5.88 Å². The second-order valence-electron chi connectivity index (χ2n) is 9.88. The summed E-state index contributed by atoms with van der Waals surface area (Å²) < 4.78 is 27.5. The molecule has 2 aliphatic rings. The van der Waals surface area contributed by atoms with E-state index in [0.717, 1.165) is 60.7 Å². The highest BCUT2D eigenvalue weighted by Gasteiger charge is 2.24. The highest BCUT2D eigenvalue weighted by atomic mass is 19.1. The second-order valence-corrected chi connectivity index (χ2v) is 9.88. The number of carboxylic acids is 1. The number of imidazole rings is 1. The molecule has 4 aromatic rings. The molecule has 9 heteroatoms. The third-order valence-electron chi connectivity index (χ3n) is 7.30. The Bertz CT molecular complexity index is 1550. The molecule has 0 radical (unpaired) electrons. The molecule has 4 heterocycles. The monoisotopic (exact) mass is 528 g/mol. The van der Waals surface area contributed by atoms with Crippen molar-refractivity contribution in [3.63, 3.8) is 0 Å². The number of fused-ring (bicyclic) bond motifs is 1. The molecule has 0 aliphatic carbocycles. The van der Waals surface area contributed by atoms with Gasteiger partial charge in [-0.15, -0.1) is 0 Å². The van der Waals surface area contributed by atoms with Crippen LogP contribution in [-0.2, 0) is 24.4 Å². The van der Waals surface area contributed by atoms with Gasteiger partial charge in [0.2, 0.25) is 5.88 Å². The van der Waals surface area contributed by atoms with E-state index in [1.54, 1.807) is 42.5 Å². The van der Waals surface area contributed by atoms with E-state index >= 15 is 0 Å². The molecule has 200 valence electrons.